The molecule has 39 heavy (non-hydrogen) atoms. The minimum atomic E-state index is -0.999. The number of benzene rings is 3. The van der Waals surface area contributed by atoms with Gasteiger partial charge in [0.05, 0.1) is 16.7 Å². The van der Waals surface area contributed by atoms with Crippen LogP contribution in [-0.4, -0.2) is 36.6 Å². The Balaban J connectivity index is 1.51. The summed E-state index contributed by atoms with van der Waals surface area (Å²) in [5.74, 6) is -0.563. The minimum absolute atomic E-state index is 0.132. The molecule has 3 aromatic carbocycles. The van der Waals surface area contributed by atoms with Crippen LogP contribution in [0, 0.1) is 17.1 Å². The van der Waals surface area contributed by atoms with Crippen molar-refractivity contribution in [1.82, 2.24) is 10.6 Å². The van der Waals surface area contributed by atoms with Crippen molar-refractivity contribution in [2.45, 2.75) is 30.8 Å². The van der Waals surface area contributed by atoms with Crippen LogP contribution in [0.5, 0.6) is 11.5 Å². The van der Waals surface area contributed by atoms with Crippen molar-refractivity contribution in [1.29, 1.82) is 5.26 Å². The van der Waals surface area contributed by atoms with Crippen LogP contribution in [0.15, 0.2) is 72.8 Å². The first-order chi connectivity index (χ1) is 18.9. The van der Waals surface area contributed by atoms with E-state index in [2.05, 4.69) is 16.7 Å². The third-order valence-corrected chi connectivity index (χ3v) is 6.92. The average Bonchev–Trinajstić information content (AvgIpc) is 3.71. The maximum atomic E-state index is 13.7. The number of carbonyl (C=O) groups is 2. The molecule has 3 aromatic rings. The summed E-state index contributed by atoms with van der Waals surface area (Å²) in [6, 6.07) is 17.4. The quantitative estimate of drug-likeness (QED) is 0.452. The van der Waals surface area contributed by atoms with Crippen molar-refractivity contribution in [2.24, 2.45) is 0 Å². The second kappa shape index (κ2) is 11.2. The highest BCUT2D eigenvalue weighted by molar-refractivity contribution is 6.32. The first-order valence-corrected chi connectivity index (χ1v) is 12.9. The molecule has 0 aromatic heterocycles. The zero-order chi connectivity index (χ0) is 27.4. The smallest absolute Gasteiger partial charge is 0.255 e. The number of hydrogen-bond acceptors (Lipinski definition) is 5. The van der Waals surface area contributed by atoms with E-state index in [0.29, 0.717) is 46.1 Å². The molecule has 0 saturated heterocycles. The molecule has 2 N–H and O–H groups in total. The van der Waals surface area contributed by atoms with Crippen molar-refractivity contribution in [2.75, 3.05) is 13.2 Å². The Morgan fingerprint density at radius 2 is 1.67 bits per heavy atom. The number of hydrogen-bond donors (Lipinski definition) is 2. The fourth-order valence-electron chi connectivity index (χ4n) is 4.25. The van der Waals surface area contributed by atoms with Gasteiger partial charge in [-0.15, -0.1) is 0 Å². The van der Waals surface area contributed by atoms with E-state index in [-0.39, 0.29) is 31.0 Å². The molecule has 1 aliphatic carbocycles. The van der Waals surface area contributed by atoms with Crippen LogP contribution in [0.4, 0.5) is 4.39 Å². The fraction of sp³-hybridized carbons (Fsp3) is 0.233. The second-order valence-electron chi connectivity index (χ2n) is 9.49. The van der Waals surface area contributed by atoms with Gasteiger partial charge in [-0.2, -0.15) is 5.26 Å². The molecule has 7 nitrogen and oxygen atoms in total. The molecule has 1 atom stereocenters. The van der Waals surface area contributed by atoms with E-state index >= 15 is 0 Å². The van der Waals surface area contributed by atoms with Gasteiger partial charge in [-0.25, -0.2) is 4.39 Å². The lowest BCUT2D eigenvalue weighted by Gasteiger charge is -2.22. The lowest BCUT2D eigenvalue weighted by molar-refractivity contribution is -0.123. The van der Waals surface area contributed by atoms with Crippen molar-refractivity contribution >= 4 is 23.4 Å². The molecule has 2 heterocycles. The van der Waals surface area contributed by atoms with Gasteiger partial charge in [-0.05, 0) is 78.1 Å². The summed E-state index contributed by atoms with van der Waals surface area (Å²) < 4.78 is 25.1. The number of nitriles is 1. The molecule has 0 spiro atoms. The Bertz CT molecular complexity index is 1480. The van der Waals surface area contributed by atoms with E-state index < -0.39 is 23.4 Å². The zero-order valence-electron chi connectivity index (χ0n) is 20.9. The molecular weight excluding hydrogens is 521 g/mol. The van der Waals surface area contributed by atoms with E-state index in [4.69, 9.17) is 21.1 Å². The largest absolute Gasteiger partial charge is 0.489 e. The number of fused-ring (bicyclic) bond motifs is 9. The first-order valence-electron chi connectivity index (χ1n) is 12.5. The molecule has 198 valence electrons. The second-order valence-corrected chi connectivity index (χ2v) is 9.90. The van der Waals surface area contributed by atoms with Crippen LogP contribution >= 0.6 is 11.6 Å². The number of nitrogens with zero attached hydrogens (tertiary/aromatic N) is 1. The number of halogens is 2. The Morgan fingerprint density at radius 1 is 1.00 bits per heavy atom. The summed E-state index contributed by atoms with van der Waals surface area (Å²) in [6.45, 7) is 0.432. The maximum absolute atomic E-state index is 13.7. The lowest BCUT2D eigenvalue weighted by atomic mass is 10.0. The average molecular weight is 546 g/mol. The molecule has 3 aliphatic rings. The van der Waals surface area contributed by atoms with Gasteiger partial charge in [-0.1, -0.05) is 35.9 Å². The summed E-state index contributed by atoms with van der Waals surface area (Å²) in [5, 5.41) is 15.5. The summed E-state index contributed by atoms with van der Waals surface area (Å²) in [6.07, 6.45) is 4.79. The van der Waals surface area contributed by atoms with Crippen LogP contribution in [0.1, 0.15) is 28.8 Å². The van der Waals surface area contributed by atoms with E-state index in [1.807, 2.05) is 0 Å². The standard InChI is InChI=1S/C30H25ClFN3O4/c31-24-15-19-3-9-27(24)39-14-2-1-13-38-26-10-6-21(20-4-7-22(32)8-5-20)17-23(26)28(36)34-25(16-19)29(37)35-30(18-33)11-12-30/h1-10,15,17,25H,11-14,16H2,(H,34,36)(H,35,37)/b2-1+/t25-/m0/s1. The Kier molecular flexibility index (Phi) is 7.53. The number of ether oxygens (including phenoxy) is 2. The third kappa shape index (κ3) is 6.21. The molecule has 2 bridgehead atoms. The van der Waals surface area contributed by atoms with Crippen LogP contribution < -0.4 is 20.1 Å². The molecular formula is C30H25ClFN3O4. The van der Waals surface area contributed by atoms with Gasteiger partial charge in [0.25, 0.3) is 5.91 Å². The van der Waals surface area contributed by atoms with Gasteiger partial charge in [0.1, 0.15) is 42.1 Å². The number of amides is 2. The summed E-state index contributed by atoms with van der Waals surface area (Å²) >= 11 is 6.41. The van der Waals surface area contributed by atoms with Crippen molar-refractivity contribution in [3.63, 3.8) is 0 Å². The van der Waals surface area contributed by atoms with Crippen LogP contribution in [0.3, 0.4) is 0 Å². The molecule has 0 unspecified atom stereocenters. The Morgan fingerprint density at radius 3 is 2.33 bits per heavy atom. The van der Waals surface area contributed by atoms with Gasteiger partial charge in [0, 0.05) is 6.42 Å². The highest BCUT2D eigenvalue weighted by Gasteiger charge is 2.45. The fourth-order valence-corrected chi connectivity index (χ4v) is 4.51. The lowest BCUT2D eigenvalue weighted by Crippen LogP contribution is -2.51. The van der Waals surface area contributed by atoms with Gasteiger partial charge >= 0.3 is 0 Å². The highest BCUT2D eigenvalue weighted by Crippen LogP contribution is 2.34. The highest BCUT2D eigenvalue weighted by atomic mass is 35.5. The molecule has 9 heteroatoms. The molecule has 2 aliphatic heterocycles. The van der Waals surface area contributed by atoms with E-state index in [9.17, 15) is 19.2 Å². The molecule has 2 amide bonds. The van der Waals surface area contributed by atoms with Gasteiger partial charge < -0.3 is 20.1 Å². The van der Waals surface area contributed by atoms with E-state index in [1.54, 1.807) is 60.7 Å². The SMILES string of the molecule is N#CC1(NC(=O)[C@@H]2Cc3ccc(c(Cl)c3)OC/C=C/COc3ccc(-c4ccc(F)cc4)cc3C(=O)N2)CC1. The predicted octanol–water partition coefficient (Wildman–Crippen LogP) is 4.99. The Hall–Kier alpha value is -4.35. The van der Waals surface area contributed by atoms with Crippen LogP contribution in [-0.2, 0) is 11.2 Å². The van der Waals surface area contributed by atoms with E-state index in [1.165, 1.54) is 12.1 Å². The van der Waals surface area contributed by atoms with Gasteiger partial charge in [0.15, 0.2) is 0 Å². The summed E-state index contributed by atoms with van der Waals surface area (Å²) in [4.78, 5) is 27.0. The molecule has 1 fully saturated rings. The number of nitrogens with one attached hydrogen (secondary N) is 2. The minimum Gasteiger partial charge on any atom is -0.489 e. The van der Waals surface area contributed by atoms with Crippen LogP contribution in [0.2, 0.25) is 5.02 Å². The maximum Gasteiger partial charge on any atom is 0.255 e. The summed E-state index contributed by atoms with van der Waals surface area (Å²) in [5.41, 5.74) is 1.39. The first kappa shape index (κ1) is 26.3. The van der Waals surface area contributed by atoms with Crippen LogP contribution in [0.25, 0.3) is 11.1 Å². The van der Waals surface area contributed by atoms with E-state index in [0.717, 1.165) is 0 Å². The molecule has 6 rings (SSSR count). The molecule has 1 saturated carbocycles. The molecule has 0 radical (unpaired) electrons. The topological polar surface area (TPSA) is 100 Å². The monoisotopic (exact) mass is 545 g/mol. The number of rotatable bonds is 3. The zero-order valence-corrected chi connectivity index (χ0v) is 21.6. The van der Waals surface area contributed by atoms with Gasteiger partial charge in [0.2, 0.25) is 5.91 Å². The van der Waals surface area contributed by atoms with Gasteiger partial charge in [-0.3, -0.25) is 9.59 Å². The number of carbonyl (C=O) groups excluding carboxylic acids is 2. The van der Waals surface area contributed by atoms with Crippen molar-refractivity contribution < 1.29 is 23.5 Å². The predicted molar refractivity (Wildman–Crippen MR) is 144 cm³/mol. The summed E-state index contributed by atoms with van der Waals surface area (Å²) in [7, 11) is 0. The normalized spacial score (nSPS) is 18.9. The van der Waals surface area contributed by atoms with Crippen molar-refractivity contribution in [3.05, 3.63) is 94.8 Å². The third-order valence-electron chi connectivity index (χ3n) is 6.62. The van der Waals surface area contributed by atoms with Crippen molar-refractivity contribution in [3.8, 4) is 28.7 Å². The Labute approximate surface area is 230 Å².